The molecular weight excluding hydrogens is 456 g/mol. The number of urea groups is 1. The lowest BCUT2D eigenvalue weighted by Crippen LogP contribution is -2.43. The van der Waals surface area contributed by atoms with Gasteiger partial charge in [0.25, 0.3) is 0 Å². The van der Waals surface area contributed by atoms with Crippen molar-refractivity contribution in [3.05, 3.63) is 76.3 Å². The van der Waals surface area contributed by atoms with Crippen molar-refractivity contribution >= 4 is 23.3 Å². The Balaban J connectivity index is 1.75. The fourth-order valence-electron chi connectivity index (χ4n) is 4.29. The highest BCUT2D eigenvalue weighted by molar-refractivity contribution is 6.30. The van der Waals surface area contributed by atoms with Crippen LogP contribution in [0.25, 0.3) is 0 Å². The largest absolute Gasteiger partial charge is 0.497 e. The van der Waals surface area contributed by atoms with E-state index in [0.29, 0.717) is 46.7 Å². The Bertz CT molecular complexity index is 1200. The molecule has 0 aromatic heterocycles. The van der Waals surface area contributed by atoms with Crippen molar-refractivity contribution in [2.75, 3.05) is 40.3 Å². The normalized spacial score (nSPS) is 14.7. The van der Waals surface area contributed by atoms with E-state index in [1.165, 1.54) is 0 Å². The molecule has 1 aliphatic heterocycles. The zero-order chi connectivity index (χ0) is 24.2. The summed E-state index contributed by atoms with van der Waals surface area (Å²) in [7, 11) is 6.35. The average molecular weight is 483 g/mol. The van der Waals surface area contributed by atoms with E-state index in [1.807, 2.05) is 36.4 Å². The molecule has 0 bridgehead atoms. The van der Waals surface area contributed by atoms with Gasteiger partial charge in [0, 0.05) is 17.6 Å². The summed E-state index contributed by atoms with van der Waals surface area (Å²) in [5.41, 5.74) is 3.51. The van der Waals surface area contributed by atoms with E-state index in [0.717, 1.165) is 16.7 Å². The fraction of sp³-hybridized carbons (Fsp3) is 0.269. The van der Waals surface area contributed by atoms with Crippen molar-refractivity contribution in [2.24, 2.45) is 0 Å². The van der Waals surface area contributed by atoms with Gasteiger partial charge < -0.3 is 29.2 Å². The van der Waals surface area contributed by atoms with Crippen LogP contribution in [0.1, 0.15) is 22.7 Å². The molecule has 178 valence electrons. The first-order chi connectivity index (χ1) is 16.5. The quantitative estimate of drug-likeness (QED) is 0.498. The maximum Gasteiger partial charge on any atom is 0.322 e. The summed E-state index contributed by atoms with van der Waals surface area (Å²) in [6.45, 7) is 0.504. The number of carbonyl (C=O) groups is 1. The van der Waals surface area contributed by atoms with Crippen molar-refractivity contribution in [3.8, 4) is 23.0 Å². The van der Waals surface area contributed by atoms with Crippen molar-refractivity contribution in [3.63, 3.8) is 0 Å². The minimum Gasteiger partial charge on any atom is -0.497 e. The highest BCUT2D eigenvalue weighted by Gasteiger charge is 2.34. The Morgan fingerprint density at radius 1 is 0.912 bits per heavy atom. The molecule has 0 saturated heterocycles. The number of ether oxygens (including phenoxy) is 4. The molecule has 4 rings (SSSR count). The second-order valence-corrected chi connectivity index (χ2v) is 8.24. The molecule has 3 aromatic carbocycles. The molecule has 0 unspecified atom stereocenters. The van der Waals surface area contributed by atoms with Crippen LogP contribution in [-0.2, 0) is 6.42 Å². The first-order valence-corrected chi connectivity index (χ1v) is 11.2. The lowest BCUT2D eigenvalue weighted by molar-refractivity contribution is 0.193. The van der Waals surface area contributed by atoms with Crippen molar-refractivity contribution in [1.82, 2.24) is 4.90 Å². The Morgan fingerprint density at radius 2 is 1.65 bits per heavy atom. The van der Waals surface area contributed by atoms with Crippen molar-refractivity contribution in [1.29, 1.82) is 0 Å². The number of amides is 2. The van der Waals surface area contributed by atoms with Gasteiger partial charge in [-0.25, -0.2) is 4.79 Å². The standard InChI is InChI=1S/C26H27ClN2O5/c1-31-19-8-9-21(22(14-19)32-2)28-26(30)29-11-10-16-13-23(33-3)24(34-4)15-20(16)25(29)17-6-5-7-18(27)12-17/h5-9,12-15,25H,10-11H2,1-4H3,(H,28,30)/t25-/m1/s1. The topological polar surface area (TPSA) is 69.3 Å². The summed E-state index contributed by atoms with van der Waals surface area (Å²) in [5.74, 6) is 2.41. The fourth-order valence-corrected chi connectivity index (χ4v) is 4.49. The Kier molecular flexibility index (Phi) is 7.03. The molecule has 0 spiro atoms. The molecule has 1 heterocycles. The maximum atomic E-state index is 13.6. The first-order valence-electron chi connectivity index (χ1n) is 10.8. The smallest absolute Gasteiger partial charge is 0.322 e. The van der Waals surface area contributed by atoms with Gasteiger partial charge in [-0.1, -0.05) is 23.7 Å². The third-order valence-electron chi connectivity index (χ3n) is 5.95. The van der Waals surface area contributed by atoms with Crippen LogP contribution in [0.2, 0.25) is 5.02 Å². The van der Waals surface area contributed by atoms with Crippen LogP contribution >= 0.6 is 11.6 Å². The molecule has 8 heteroatoms. The maximum absolute atomic E-state index is 13.6. The monoisotopic (exact) mass is 482 g/mol. The SMILES string of the molecule is COc1ccc(NC(=O)N2CCc3cc(OC)c(OC)cc3[C@H]2c2cccc(Cl)c2)c(OC)c1. The van der Waals surface area contributed by atoms with Crippen LogP contribution in [0, 0.1) is 0 Å². The van der Waals surface area contributed by atoms with Crippen LogP contribution in [0.4, 0.5) is 10.5 Å². The first kappa shape index (κ1) is 23.6. The van der Waals surface area contributed by atoms with Gasteiger partial charge in [0.15, 0.2) is 11.5 Å². The number of halogens is 1. The number of benzene rings is 3. The highest BCUT2D eigenvalue weighted by Crippen LogP contribution is 2.42. The predicted molar refractivity (Wildman–Crippen MR) is 132 cm³/mol. The third-order valence-corrected chi connectivity index (χ3v) is 6.18. The molecular formula is C26H27ClN2O5. The molecule has 1 N–H and O–H groups in total. The summed E-state index contributed by atoms with van der Waals surface area (Å²) in [6.07, 6.45) is 0.667. The summed E-state index contributed by atoms with van der Waals surface area (Å²) in [4.78, 5) is 15.4. The Hall–Kier alpha value is -3.58. The van der Waals surface area contributed by atoms with Gasteiger partial charge in [-0.2, -0.15) is 0 Å². The predicted octanol–water partition coefficient (Wildman–Crippen LogP) is 5.55. The lowest BCUT2D eigenvalue weighted by Gasteiger charge is -2.38. The van der Waals surface area contributed by atoms with Gasteiger partial charge >= 0.3 is 6.03 Å². The second kappa shape index (κ2) is 10.1. The zero-order valence-corrected chi connectivity index (χ0v) is 20.3. The summed E-state index contributed by atoms with van der Waals surface area (Å²) in [5, 5.41) is 3.60. The van der Waals surface area contributed by atoms with E-state index in [4.69, 9.17) is 30.5 Å². The highest BCUT2D eigenvalue weighted by atomic mass is 35.5. The summed E-state index contributed by atoms with van der Waals surface area (Å²) < 4.78 is 21.8. The number of methoxy groups -OCH3 is 4. The number of nitrogens with zero attached hydrogens (tertiary/aromatic N) is 1. The van der Waals surface area contributed by atoms with Crippen molar-refractivity contribution < 1.29 is 23.7 Å². The van der Waals surface area contributed by atoms with Crippen LogP contribution in [0.15, 0.2) is 54.6 Å². The molecule has 34 heavy (non-hydrogen) atoms. The minimum absolute atomic E-state index is 0.256. The van der Waals surface area contributed by atoms with Crippen LogP contribution in [-0.4, -0.2) is 45.9 Å². The van der Waals surface area contributed by atoms with E-state index >= 15 is 0 Å². The third kappa shape index (κ3) is 4.56. The zero-order valence-electron chi connectivity index (χ0n) is 19.6. The van der Waals surface area contributed by atoms with Crippen molar-refractivity contribution in [2.45, 2.75) is 12.5 Å². The van der Waals surface area contributed by atoms with Crippen LogP contribution < -0.4 is 24.3 Å². The number of fused-ring (bicyclic) bond motifs is 1. The van der Waals surface area contributed by atoms with Gasteiger partial charge in [-0.05, 0) is 59.5 Å². The molecule has 1 aliphatic rings. The number of hydrogen-bond acceptors (Lipinski definition) is 5. The molecule has 0 aliphatic carbocycles. The Morgan fingerprint density at radius 3 is 2.32 bits per heavy atom. The Labute approximate surface area is 204 Å². The van der Waals surface area contributed by atoms with Gasteiger partial charge in [0.2, 0.25) is 0 Å². The number of anilines is 1. The van der Waals surface area contributed by atoms with Gasteiger partial charge in [0.1, 0.15) is 11.5 Å². The number of rotatable bonds is 6. The van der Waals surface area contributed by atoms with E-state index in [1.54, 1.807) is 51.5 Å². The number of carbonyl (C=O) groups excluding carboxylic acids is 1. The van der Waals surface area contributed by atoms with Crippen LogP contribution in [0.3, 0.4) is 0 Å². The molecule has 2 amide bonds. The molecule has 0 radical (unpaired) electrons. The van der Waals surface area contributed by atoms with E-state index in [9.17, 15) is 4.79 Å². The number of hydrogen-bond donors (Lipinski definition) is 1. The number of nitrogens with one attached hydrogen (secondary N) is 1. The van der Waals surface area contributed by atoms with Gasteiger partial charge in [-0.3, -0.25) is 0 Å². The van der Waals surface area contributed by atoms with E-state index < -0.39 is 0 Å². The summed E-state index contributed by atoms with van der Waals surface area (Å²) in [6, 6.07) is 16.1. The average Bonchev–Trinajstić information content (AvgIpc) is 2.87. The second-order valence-electron chi connectivity index (χ2n) is 7.80. The molecule has 0 fully saturated rings. The molecule has 1 atom stereocenters. The molecule has 3 aromatic rings. The van der Waals surface area contributed by atoms with Gasteiger partial charge in [-0.15, -0.1) is 0 Å². The van der Waals surface area contributed by atoms with E-state index in [-0.39, 0.29) is 12.1 Å². The van der Waals surface area contributed by atoms with E-state index in [2.05, 4.69) is 5.32 Å². The molecule has 7 nitrogen and oxygen atoms in total. The minimum atomic E-state index is -0.369. The lowest BCUT2D eigenvalue weighted by atomic mass is 9.88. The molecule has 0 saturated carbocycles. The summed E-state index contributed by atoms with van der Waals surface area (Å²) >= 11 is 6.33. The van der Waals surface area contributed by atoms with Crippen LogP contribution in [0.5, 0.6) is 23.0 Å². The van der Waals surface area contributed by atoms with Gasteiger partial charge in [0.05, 0.1) is 40.2 Å².